The summed E-state index contributed by atoms with van der Waals surface area (Å²) >= 11 is 0. The Labute approximate surface area is 281 Å². The Morgan fingerprint density at radius 3 is 2.40 bits per heavy atom. The van der Waals surface area contributed by atoms with Crippen molar-refractivity contribution >= 4 is 38.8 Å². The Balaban J connectivity index is 1.54. The molecule has 3 amide bonds. The van der Waals surface area contributed by atoms with Gasteiger partial charge in [-0.25, -0.2) is 4.72 Å². The molecule has 1 saturated carbocycles. The van der Waals surface area contributed by atoms with E-state index in [4.69, 9.17) is 9.47 Å². The third-order valence-electron chi connectivity index (χ3n) is 10.4. The van der Waals surface area contributed by atoms with Crippen molar-refractivity contribution in [3.63, 3.8) is 0 Å². The highest BCUT2D eigenvalue weighted by atomic mass is 32.2. The normalized spacial score (nSPS) is 21.7. The standard InChI is InChI=1S/C35H45N5O7S/c1-22-28-20-25(46-5)12-14-26(28)31-30(23-9-7-6-8-10-23)27-13-11-24(32(41)37-48(44,45)38(3)4)19-29(27)40(31)21-35(22,2)36-33(42)34(43)39-15-17-47-18-16-39/h11-14,19-20,22-23H,6-10,15-18,21H2,1-5H3,(H,36,42)(H,37,41). The zero-order chi connectivity index (χ0) is 34.4. The van der Waals surface area contributed by atoms with Crippen LogP contribution in [0.5, 0.6) is 5.75 Å². The summed E-state index contributed by atoms with van der Waals surface area (Å²) in [5.74, 6) is -1.31. The van der Waals surface area contributed by atoms with Crippen molar-refractivity contribution in [3.8, 4) is 17.0 Å². The second-order valence-corrected chi connectivity index (χ2v) is 15.5. The summed E-state index contributed by atoms with van der Waals surface area (Å²) in [4.78, 5) is 41.9. The minimum absolute atomic E-state index is 0.198. The maximum absolute atomic E-state index is 13.7. The van der Waals surface area contributed by atoms with Gasteiger partial charge < -0.3 is 24.3 Å². The van der Waals surface area contributed by atoms with E-state index in [9.17, 15) is 22.8 Å². The second kappa shape index (κ2) is 13.2. The van der Waals surface area contributed by atoms with Crippen molar-refractivity contribution in [2.45, 2.75) is 69.9 Å². The van der Waals surface area contributed by atoms with Crippen molar-refractivity contribution in [2.24, 2.45) is 0 Å². The number of benzene rings is 2. The highest BCUT2D eigenvalue weighted by molar-refractivity contribution is 7.87. The van der Waals surface area contributed by atoms with Gasteiger partial charge in [-0.2, -0.15) is 12.7 Å². The van der Waals surface area contributed by atoms with E-state index in [2.05, 4.69) is 27.6 Å². The molecule has 48 heavy (non-hydrogen) atoms. The molecule has 0 bridgehead atoms. The molecule has 12 nitrogen and oxygen atoms in total. The number of hydrogen-bond donors (Lipinski definition) is 2. The number of carbonyl (C=O) groups excluding carboxylic acids is 3. The van der Waals surface area contributed by atoms with Crippen molar-refractivity contribution in [1.29, 1.82) is 0 Å². The van der Waals surface area contributed by atoms with Crippen molar-refractivity contribution in [2.75, 3.05) is 47.5 Å². The van der Waals surface area contributed by atoms with Gasteiger partial charge in [0.2, 0.25) is 0 Å². The third-order valence-corrected chi connectivity index (χ3v) is 11.8. The van der Waals surface area contributed by atoms with Crippen molar-refractivity contribution in [1.82, 2.24) is 23.8 Å². The first-order valence-corrected chi connectivity index (χ1v) is 18.1. The summed E-state index contributed by atoms with van der Waals surface area (Å²) in [5, 5.41) is 4.12. The molecule has 0 spiro atoms. The van der Waals surface area contributed by atoms with Crippen molar-refractivity contribution in [3.05, 3.63) is 53.1 Å². The molecule has 0 radical (unpaired) electrons. The summed E-state index contributed by atoms with van der Waals surface area (Å²) in [6.45, 7) is 5.77. The lowest BCUT2D eigenvalue weighted by Gasteiger charge is -2.37. The summed E-state index contributed by atoms with van der Waals surface area (Å²) in [6.07, 6.45) is 5.46. The average molecular weight is 680 g/mol. The van der Waals surface area contributed by atoms with Gasteiger partial charge in [0.1, 0.15) is 5.75 Å². The fourth-order valence-corrected chi connectivity index (χ4v) is 8.00. The van der Waals surface area contributed by atoms with Gasteiger partial charge in [0.25, 0.3) is 5.91 Å². The number of rotatable bonds is 6. The monoisotopic (exact) mass is 679 g/mol. The van der Waals surface area contributed by atoms with E-state index in [1.807, 2.05) is 25.1 Å². The lowest BCUT2D eigenvalue weighted by Crippen LogP contribution is -2.57. The zero-order valence-electron chi connectivity index (χ0n) is 28.3. The Morgan fingerprint density at radius 2 is 1.73 bits per heavy atom. The molecular formula is C35H45N5O7S. The average Bonchev–Trinajstić information content (AvgIpc) is 3.35. The Morgan fingerprint density at radius 1 is 1.02 bits per heavy atom. The van der Waals surface area contributed by atoms with Gasteiger partial charge in [-0.15, -0.1) is 0 Å². The quantitative estimate of drug-likeness (QED) is 0.379. The van der Waals surface area contributed by atoms with E-state index in [0.717, 1.165) is 57.7 Å². The lowest BCUT2D eigenvalue weighted by atomic mass is 9.78. The molecule has 2 atom stereocenters. The van der Waals surface area contributed by atoms with E-state index in [1.54, 1.807) is 19.2 Å². The minimum atomic E-state index is -4.01. The van der Waals surface area contributed by atoms with Crippen LogP contribution in [0.3, 0.4) is 0 Å². The SMILES string of the molecule is COc1ccc2c(c1)C(C)C(C)(NC(=O)C(=O)N1CCOCC1)Cn1c-2c(C2CCCCC2)c2ccc(C(=O)NS(=O)(=O)N(C)C)cc21. The third kappa shape index (κ3) is 6.19. The van der Waals surface area contributed by atoms with Crippen LogP contribution in [0.4, 0.5) is 0 Å². The number of carbonyl (C=O) groups is 3. The summed E-state index contributed by atoms with van der Waals surface area (Å²) in [5.41, 5.74) is 4.19. The first kappa shape index (κ1) is 33.9. The molecule has 1 aliphatic carbocycles. The van der Waals surface area contributed by atoms with Crippen molar-refractivity contribution < 1.29 is 32.3 Å². The van der Waals surface area contributed by atoms with Crippen LogP contribution in [-0.2, 0) is 31.1 Å². The van der Waals surface area contributed by atoms with E-state index < -0.39 is 33.5 Å². The summed E-state index contributed by atoms with van der Waals surface area (Å²) < 4.78 is 41.4. The number of amides is 3. The molecule has 2 unspecified atom stereocenters. The topological polar surface area (TPSA) is 139 Å². The second-order valence-electron chi connectivity index (χ2n) is 13.6. The number of fused-ring (bicyclic) bond motifs is 5. The van der Waals surface area contributed by atoms with Gasteiger partial charge in [0.05, 0.1) is 31.6 Å². The van der Waals surface area contributed by atoms with Crippen LogP contribution >= 0.6 is 0 Å². The molecule has 3 heterocycles. The Bertz CT molecular complexity index is 1860. The summed E-state index contributed by atoms with van der Waals surface area (Å²) in [7, 11) is 0.322. The molecule has 3 aliphatic rings. The van der Waals surface area contributed by atoms with Gasteiger partial charge in [-0.3, -0.25) is 14.4 Å². The highest BCUT2D eigenvalue weighted by Gasteiger charge is 2.43. The number of ether oxygens (including phenoxy) is 2. The van der Waals surface area contributed by atoms with E-state index in [1.165, 1.54) is 31.0 Å². The smallest absolute Gasteiger partial charge is 0.312 e. The van der Waals surface area contributed by atoms with E-state index in [0.29, 0.717) is 38.6 Å². The molecule has 2 aromatic carbocycles. The number of aromatic nitrogens is 1. The van der Waals surface area contributed by atoms with Crippen LogP contribution in [0.25, 0.3) is 22.2 Å². The van der Waals surface area contributed by atoms with Crippen LogP contribution in [0, 0.1) is 0 Å². The van der Waals surface area contributed by atoms with Crippen LogP contribution in [-0.4, -0.2) is 93.0 Å². The van der Waals surface area contributed by atoms with E-state index in [-0.39, 0.29) is 17.4 Å². The maximum atomic E-state index is 13.7. The van der Waals surface area contributed by atoms with Crippen LogP contribution in [0.15, 0.2) is 36.4 Å². The van der Waals surface area contributed by atoms with Gasteiger partial charge in [-0.1, -0.05) is 32.3 Å². The highest BCUT2D eigenvalue weighted by Crippen LogP contribution is 2.50. The molecule has 6 rings (SSSR count). The Hall–Kier alpha value is -3.94. The Kier molecular flexibility index (Phi) is 9.31. The van der Waals surface area contributed by atoms with Gasteiger partial charge >= 0.3 is 22.0 Å². The first-order chi connectivity index (χ1) is 22.8. The largest absolute Gasteiger partial charge is 0.497 e. The molecule has 2 N–H and O–H groups in total. The molecule has 1 aromatic heterocycles. The maximum Gasteiger partial charge on any atom is 0.312 e. The zero-order valence-corrected chi connectivity index (χ0v) is 29.1. The number of nitrogens with one attached hydrogen (secondary N) is 2. The lowest BCUT2D eigenvalue weighted by molar-refractivity contribution is -0.149. The molecule has 2 aliphatic heterocycles. The number of methoxy groups -OCH3 is 1. The number of nitrogens with zero attached hydrogens (tertiary/aromatic N) is 3. The van der Waals surface area contributed by atoms with Gasteiger partial charge in [0, 0.05) is 61.7 Å². The number of morpholine rings is 1. The van der Waals surface area contributed by atoms with E-state index >= 15 is 0 Å². The van der Waals surface area contributed by atoms with Crippen LogP contribution in [0.2, 0.25) is 0 Å². The fourth-order valence-electron chi connectivity index (χ4n) is 7.46. The molecule has 13 heteroatoms. The molecule has 1 saturated heterocycles. The van der Waals surface area contributed by atoms with Crippen LogP contribution < -0.4 is 14.8 Å². The minimum Gasteiger partial charge on any atom is -0.497 e. The molecule has 3 aromatic rings. The predicted molar refractivity (Wildman–Crippen MR) is 182 cm³/mol. The predicted octanol–water partition coefficient (Wildman–Crippen LogP) is 3.75. The number of hydrogen-bond acceptors (Lipinski definition) is 7. The molecule has 2 fully saturated rings. The van der Waals surface area contributed by atoms with Gasteiger partial charge in [-0.05, 0) is 67.1 Å². The van der Waals surface area contributed by atoms with Crippen LogP contribution in [0.1, 0.15) is 79.3 Å². The fraction of sp³-hybridized carbons (Fsp3) is 0.514. The molecular weight excluding hydrogens is 634 g/mol. The summed E-state index contributed by atoms with van der Waals surface area (Å²) in [6, 6.07) is 11.3. The van der Waals surface area contributed by atoms with Gasteiger partial charge in [0.15, 0.2) is 0 Å². The molecule has 258 valence electrons. The first-order valence-electron chi connectivity index (χ1n) is 16.6.